The minimum absolute atomic E-state index is 0.0208. The molecule has 0 aliphatic heterocycles. The summed E-state index contributed by atoms with van der Waals surface area (Å²) in [5, 5.41) is 10.0. The van der Waals surface area contributed by atoms with Gasteiger partial charge in [0, 0.05) is 46.2 Å². The Hall–Kier alpha value is -4.03. The van der Waals surface area contributed by atoms with Crippen LogP contribution in [-0.4, -0.2) is 55.9 Å². The van der Waals surface area contributed by atoms with Crippen molar-refractivity contribution in [2.75, 3.05) is 27.4 Å². The van der Waals surface area contributed by atoms with Crippen molar-refractivity contribution in [1.82, 2.24) is 0 Å². The van der Waals surface area contributed by atoms with Gasteiger partial charge in [-0.1, -0.05) is 6.92 Å². The van der Waals surface area contributed by atoms with Crippen molar-refractivity contribution in [3.8, 4) is 23.0 Å². The maximum absolute atomic E-state index is 15.5. The van der Waals surface area contributed by atoms with Gasteiger partial charge in [0.2, 0.25) is 0 Å². The second kappa shape index (κ2) is 13.3. The average Bonchev–Trinajstić information content (AvgIpc) is 3.58. The van der Waals surface area contributed by atoms with Crippen LogP contribution in [0.15, 0.2) is 30.3 Å². The number of ketones is 3. The fourth-order valence-corrected chi connectivity index (χ4v) is 6.23. The van der Waals surface area contributed by atoms with Crippen LogP contribution in [0.4, 0.5) is 4.39 Å². The summed E-state index contributed by atoms with van der Waals surface area (Å²) in [5.74, 6) is -2.21. The Labute approximate surface area is 248 Å². The number of carboxylic acid groups (broad SMARTS) is 1. The van der Waals surface area contributed by atoms with Crippen molar-refractivity contribution in [1.29, 1.82) is 0 Å². The van der Waals surface area contributed by atoms with Crippen molar-refractivity contribution < 1.29 is 47.6 Å². The Morgan fingerprint density at radius 3 is 2.14 bits per heavy atom. The highest BCUT2D eigenvalue weighted by Gasteiger charge is 2.22. The summed E-state index contributed by atoms with van der Waals surface area (Å²) in [7, 11) is 2.87. The van der Waals surface area contributed by atoms with Crippen LogP contribution >= 0.6 is 22.7 Å². The van der Waals surface area contributed by atoms with Crippen molar-refractivity contribution >= 4 is 66.2 Å². The first-order valence-electron chi connectivity index (χ1n) is 13.0. The number of hydrogen-bond donors (Lipinski definition) is 1. The van der Waals surface area contributed by atoms with E-state index in [0.717, 1.165) is 21.4 Å². The van der Waals surface area contributed by atoms with Gasteiger partial charge in [0.25, 0.3) is 0 Å². The molecule has 0 radical (unpaired) electrons. The van der Waals surface area contributed by atoms with E-state index in [9.17, 15) is 19.2 Å². The fraction of sp³-hybridized carbons (Fsp3) is 0.333. The molecule has 4 rings (SSSR count). The number of methoxy groups -OCH3 is 2. The maximum atomic E-state index is 15.5. The van der Waals surface area contributed by atoms with Crippen molar-refractivity contribution in [2.24, 2.45) is 5.92 Å². The summed E-state index contributed by atoms with van der Waals surface area (Å²) in [6.45, 7) is 2.88. The molecule has 0 saturated carbocycles. The van der Waals surface area contributed by atoms with Crippen molar-refractivity contribution in [3.05, 3.63) is 45.9 Å². The number of thiophene rings is 2. The minimum Gasteiger partial charge on any atom is -0.493 e. The molecule has 2 heterocycles. The fourth-order valence-electron chi connectivity index (χ4n) is 4.15. The van der Waals surface area contributed by atoms with E-state index >= 15 is 4.39 Å². The summed E-state index contributed by atoms with van der Waals surface area (Å²) in [4.78, 5) is 48.2. The van der Waals surface area contributed by atoms with Crippen LogP contribution in [0.25, 0.3) is 20.2 Å². The van der Waals surface area contributed by atoms with Gasteiger partial charge in [0.15, 0.2) is 40.4 Å². The molecule has 0 saturated heterocycles. The van der Waals surface area contributed by atoms with E-state index in [-0.39, 0.29) is 66.7 Å². The van der Waals surface area contributed by atoms with E-state index in [1.807, 2.05) is 0 Å². The van der Waals surface area contributed by atoms with Gasteiger partial charge in [0.1, 0.15) is 19.0 Å². The molecule has 1 N–H and O–H groups in total. The topological polar surface area (TPSA) is 125 Å². The zero-order chi connectivity index (χ0) is 30.6. The highest BCUT2D eigenvalue weighted by atomic mass is 32.1. The molecule has 1 atom stereocenters. The predicted octanol–water partition coefficient (Wildman–Crippen LogP) is 6.58. The quantitative estimate of drug-likeness (QED) is 0.117. The summed E-state index contributed by atoms with van der Waals surface area (Å²) in [5.41, 5.74) is 0. The molecule has 0 aliphatic rings. The second-order valence-corrected chi connectivity index (χ2v) is 11.8. The lowest BCUT2D eigenvalue weighted by Crippen LogP contribution is -2.13. The number of rotatable bonds is 15. The first-order valence-corrected chi connectivity index (χ1v) is 14.6. The third-order valence-electron chi connectivity index (χ3n) is 6.46. The molecule has 0 bridgehead atoms. The summed E-state index contributed by atoms with van der Waals surface area (Å²) >= 11 is 2.37. The van der Waals surface area contributed by atoms with Crippen LogP contribution in [0.1, 0.15) is 52.5 Å². The molecule has 9 nitrogen and oxygen atoms in total. The highest BCUT2D eigenvalue weighted by Crippen LogP contribution is 2.41. The Bertz CT molecular complexity index is 1670. The molecule has 4 aromatic rings. The van der Waals surface area contributed by atoms with Gasteiger partial charge in [-0.25, -0.2) is 4.39 Å². The number of carbonyl (C=O) groups excluding carboxylic acids is 3. The molecule has 0 unspecified atom stereocenters. The van der Waals surface area contributed by atoms with Crippen LogP contribution in [0.3, 0.4) is 0 Å². The van der Waals surface area contributed by atoms with Crippen LogP contribution in [-0.2, 0) is 9.59 Å². The van der Waals surface area contributed by atoms with Crippen LogP contribution in [0.5, 0.6) is 23.0 Å². The first kappa shape index (κ1) is 30.9. The molecule has 0 aliphatic carbocycles. The molecular formula is C30H29FO9S2. The lowest BCUT2D eigenvalue weighted by atomic mass is 10.0. The second-order valence-electron chi connectivity index (χ2n) is 9.58. The molecule has 2 aromatic carbocycles. The minimum atomic E-state index is -1.03. The summed E-state index contributed by atoms with van der Waals surface area (Å²) < 4.78 is 39.1. The molecule has 12 heteroatoms. The number of halogens is 1. The molecular weight excluding hydrogens is 587 g/mol. The molecule has 42 heavy (non-hydrogen) atoms. The molecule has 0 spiro atoms. The largest absolute Gasteiger partial charge is 0.493 e. The molecule has 222 valence electrons. The SMILES string of the molecule is COc1cc2sc(C(=O)C[C@H](C)C(=O)O)cc2cc1OCCOc1c(OC)cc2sc(C(=O)CCC(C)=O)cc2c1F. The number of ether oxygens (including phenoxy) is 4. The van der Waals surface area contributed by atoms with Gasteiger partial charge in [-0.15, -0.1) is 22.7 Å². The van der Waals surface area contributed by atoms with Gasteiger partial charge in [0.05, 0.1) is 29.9 Å². The lowest BCUT2D eigenvalue weighted by Gasteiger charge is -2.14. The van der Waals surface area contributed by atoms with Crippen LogP contribution < -0.4 is 18.9 Å². The predicted molar refractivity (Wildman–Crippen MR) is 158 cm³/mol. The monoisotopic (exact) mass is 616 g/mol. The number of benzene rings is 2. The van der Waals surface area contributed by atoms with Gasteiger partial charge in [-0.2, -0.15) is 0 Å². The zero-order valence-electron chi connectivity index (χ0n) is 23.4. The highest BCUT2D eigenvalue weighted by molar-refractivity contribution is 7.21. The van der Waals surface area contributed by atoms with E-state index < -0.39 is 17.7 Å². The Kier molecular flexibility index (Phi) is 9.79. The van der Waals surface area contributed by atoms with Gasteiger partial charge < -0.3 is 28.8 Å². The standard InChI is InChI=1S/C30H29FO9S2/c1-15(30(35)36)9-20(34)26-11-17-10-22(21(37-3)13-24(17)41-26)39-7-8-40-29-23(38-4)14-25-18(28(29)31)12-27(42-25)19(33)6-5-16(2)32/h10-15H,5-9H2,1-4H3,(H,35,36)/t15-/m0/s1. The number of aliphatic carboxylic acids is 1. The summed E-state index contributed by atoms with van der Waals surface area (Å²) in [6.07, 6.45) is 0.0845. The average molecular weight is 617 g/mol. The number of Topliss-reactive ketones (excluding diaryl/α,β-unsaturated/α-hetero) is 3. The number of carbonyl (C=O) groups is 4. The molecule has 0 fully saturated rings. The smallest absolute Gasteiger partial charge is 0.306 e. The number of carboxylic acids is 1. The zero-order valence-corrected chi connectivity index (χ0v) is 25.0. The Morgan fingerprint density at radius 1 is 0.833 bits per heavy atom. The third kappa shape index (κ3) is 6.88. The Balaban J connectivity index is 1.46. The normalized spacial score (nSPS) is 11.8. The van der Waals surface area contributed by atoms with E-state index in [1.165, 1.54) is 45.5 Å². The number of hydrogen-bond acceptors (Lipinski definition) is 10. The van der Waals surface area contributed by atoms with Crippen molar-refractivity contribution in [2.45, 2.75) is 33.1 Å². The number of fused-ring (bicyclic) bond motifs is 2. The first-order chi connectivity index (χ1) is 20.0. The van der Waals surface area contributed by atoms with Crippen molar-refractivity contribution in [3.63, 3.8) is 0 Å². The Morgan fingerprint density at radius 2 is 1.48 bits per heavy atom. The molecule has 0 amide bonds. The summed E-state index contributed by atoms with van der Waals surface area (Å²) in [6, 6.07) is 8.20. The molecule has 2 aromatic heterocycles. The van der Waals surface area contributed by atoms with E-state index in [1.54, 1.807) is 24.3 Å². The van der Waals surface area contributed by atoms with E-state index in [2.05, 4.69) is 0 Å². The lowest BCUT2D eigenvalue weighted by molar-refractivity contribution is -0.141. The third-order valence-corrected chi connectivity index (χ3v) is 8.72. The van der Waals surface area contributed by atoms with Crippen LogP contribution in [0.2, 0.25) is 0 Å². The van der Waals surface area contributed by atoms with Gasteiger partial charge >= 0.3 is 5.97 Å². The van der Waals surface area contributed by atoms with E-state index in [4.69, 9.17) is 24.1 Å². The van der Waals surface area contributed by atoms with Gasteiger partial charge in [-0.05, 0) is 30.5 Å². The maximum Gasteiger partial charge on any atom is 0.306 e. The van der Waals surface area contributed by atoms with E-state index in [0.29, 0.717) is 26.0 Å². The van der Waals surface area contributed by atoms with Crippen LogP contribution in [0, 0.1) is 11.7 Å². The van der Waals surface area contributed by atoms with Gasteiger partial charge in [-0.3, -0.25) is 14.4 Å².